The summed E-state index contributed by atoms with van der Waals surface area (Å²) >= 11 is 0. The van der Waals surface area contributed by atoms with Crippen molar-refractivity contribution in [3.8, 4) is 0 Å². The third-order valence-electron chi connectivity index (χ3n) is 6.22. The third kappa shape index (κ3) is 3.73. The molecule has 0 atom stereocenters. The van der Waals surface area contributed by atoms with Crippen LogP contribution in [0.3, 0.4) is 0 Å². The van der Waals surface area contributed by atoms with Gasteiger partial charge in [-0.3, -0.25) is 9.78 Å². The molecule has 2 aromatic heterocycles. The number of hydrogen-bond acceptors (Lipinski definition) is 6. The van der Waals surface area contributed by atoms with Gasteiger partial charge in [0.2, 0.25) is 5.95 Å². The summed E-state index contributed by atoms with van der Waals surface area (Å²) in [7, 11) is 0. The van der Waals surface area contributed by atoms with E-state index in [2.05, 4.69) is 25.6 Å². The van der Waals surface area contributed by atoms with Crippen molar-refractivity contribution in [1.82, 2.24) is 20.3 Å². The maximum absolute atomic E-state index is 13.2. The number of rotatable bonds is 5. The minimum Gasteiger partial charge on any atom is -0.393 e. The normalized spacial score (nSPS) is 22.4. The first kappa shape index (κ1) is 18.9. The molecule has 2 saturated carbocycles. The number of aliphatic hydroxyl groups is 1. The SMILES string of the molecule is O=C(NC1(c2ccncc2)CC1)c1cccc2cnc(NC3CCC(O)CC3)nc12. The minimum atomic E-state index is -0.306. The van der Waals surface area contributed by atoms with Crippen LogP contribution in [0.2, 0.25) is 0 Å². The van der Waals surface area contributed by atoms with Gasteiger partial charge in [-0.2, -0.15) is 0 Å². The zero-order valence-electron chi connectivity index (χ0n) is 16.7. The monoisotopic (exact) mass is 403 g/mol. The summed E-state index contributed by atoms with van der Waals surface area (Å²) in [5, 5.41) is 17.1. The average Bonchev–Trinajstić information content (AvgIpc) is 3.56. The van der Waals surface area contributed by atoms with E-state index in [4.69, 9.17) is 0 Å². The van der Waals surface area contributed by atoms with Crippen LogP contribution in [0.4, 0.5) is 5.95 Å². The summed E-state index contributed by atoms with van der Waals surface area (Å²) in [5.41, 5.74) is 1.98. The van der Waals surface area contributed by atoms with Gasteiger partial charge in [-0.25, -0.2) is 9.97 Å². The van der Waals surface area contributed by atoms with Crippen LogP contribution in [-0.4, -0.2) is 38.1 Å². The molecule has 0 aliphatic heterocycles. The van der Waals surface area contributed by atoms with E-state index in [9.17, 15) is 9.90 Å². The second-order valence-corrected chi connectivity index (χ2v) is 8.36. The first-order valence-corrected chi connectivity index (χ1v) is 10.6. The number of aliphatic hydroxyl groups excluding tert-OH is 1. The van der Waals surface area contributed by atoms with Gasteiger partial charge < -0.3 is 15.7 Å². The fourth-order valence-corrected chi connectivity index (χ4v) is 4.28. The summed E-state index contributed by atoms with van der Waals surface area (Å²) in [6.45, 7) is 0. The van der Waals surface area contributed by atoms with E-state index in [1.54, 1.807) is 18.6 Å². The maximum Gasteiger partial charge on any atom is 0.254 e. The third-order valence-corrected chi connectivity index (χ3v) is 6.22. The second kappa shape index (κ2) is 7.65. The quantitative estimate of drug-likeness (QED) is 0.605. The Kier molecular flexibility index (Phi) is 4.83. The zero-order chi connectivity index (χ0) is 20.6. The predicted octanol–water partition coefficient (Wildman–Crippen LogP) is 3.16. The maximum atomic E-state index is 13.2. The Balaban J connectivity index is 1.39. The highest BCUT2D eigenvalue weighted by Gasteiger charge is 2.45. The van der Waals surface area contributed by atoms with Crippen LogP contribution >= 0.6 is 0 Å². The number of fused-ring (bicyclic) bond motifs is 1. The van der Waals surface area contributed by atoms with Gasteiger partial charge in [0.05, 0.1) is 22.7 Å². The van der Waals surface area contributed by atoms with E-state index in [0.717, 1.165) is 49.5 Å². The van der Waals surface area contributed by atoms with E-state index >= 15 is 0 Å². The number of aromatic nitrogens is 3. The lowest BCUT2D eigenvalue weighted by Gasteiger charge is -2.26. The van der Waals surface area contributed by atoms with Gasteiger partial charge in [0.25, 0.3) is 5.91 Å². The van der Waals surface area contributed by atoms with E-state index < -0.39 is 0 Å². The lowest BCUT2D eigenvalue weighted by atomic mass is 9.93. The molecule has 2 aliphatic carbocycles. The zero-order valence-corrected chi connectivity index (χ0v) is 16.7. The van der Waals surface area contributed by atoms with Crippen molar-refractivity contribution >= 4 is 22.8 Å². The molecular weight excluding hydrogens is 378 g/mol. The van der Waals surface area contributed by atoms with Gasteiger partial charge in [-0.1, -0.05) is 12.1 Å². The van der Waals surface area contributed by atoms with E-state index in [0.29, 0.717) is 17.0 Å². The smallest absolute Gasteiger partial charge is 0.254 e. The molecule has 0 spiro atoms. The number of pyridine rings is 1. The highest BCUT2D eigenvalue weighted by Crippen LogP contribution is 2.45. The number of nitrogens with zero attached hydrogens (tertiary/aromatic N) is 3. The van der Waals surface area contributed by atoms with Crippen molar-refractivity contribution in [2.45, 2.75) is 56.2 Å². The van der Waals surface area contributed by atoms with Gasteiger partial charge in [0.1, 0.15) is 0 Å². The molecule has 0 bridgehead atoms. The number of amides is 1. The Bertz CT molecular complexity index is 1060. The van der Waals surface area contributed by atoms with Crippen LogP contribution in [0.5, 0.6) is 0 Å². The first-order valence-electron chi connectivity index (χ1n) is 10.6. The van der Waals surface area contributed by atoms with Gasteiger partial charge in [0.15, 0.2) is 0 Å². The van der Waals surface area contributed by atoms with E-state index in [1.165, 1.54) is 0 Å². The highest BCUT2D eigenvalue weighted by molar-refractivity contribution is 6.06. The van der Waals surface area contributed by atoms with Gasteiger partial charge >= 0.3 is 0 Å². The molecule has 0 saturated heterocycles. The lowest BCUT2D eigenvalue weighted by molar-refractivity contribution is 0.0932. The average molecular weight is 403 g/mol. The predicted molar refractivity (Wildman–Crippen MR) is 114 cm³/mol. The molecule has 2 aliphatic rings. The molecule has 3 N–H and O–H groups in total. The Morgan fingerprint density at radius 3 is 2.57 bits per heavy atom. The number of para-hydroxylation sites is 1. The van der Waals surface area contributed by atoms with Crippen LogP contribution in [0, 0.1) is 0 Å². The van der Waals surface area contributed by atoms with Crippen LogP contribution in [0.15, 0.2) is 48.9 Å². The Morgan fingerprint density at radius 1 is 1.07 bits per heavy atom. The standard InChI is InChI=1S/C23H25N5O2/c29-18-6-4-17(5-7-18)26-22-25-14-15-2-1-3-19(20(15)27-22)21(30)28-23(10-11-23)16-8-12-24-13-9-16/h1-3,8-9,12-14,17-18,29H,4-7,10-11H2,(H,28,30)(H,25,26,27). The molecular formula is C23H25N5O2. The highest BCUT2D eigenvalue weighted by atomic mass is 16.3. The molecule has 1 aromatic carbocycles. The number of benzene rings is 1. The second-order valence-electron chi connectivity index (χ2n) is 8.36. The first-order chi connectivity index (χ1) is 14.6. The van der Waals surface area contributed by atoms with Crippen molar-refractivity contribution < 1.29 is 9.90 Å². The lowest BCUT2D eigenvalue weighted by Crippen LogP contribution is -2.35. The van der Waals surface area contributed by atoms with Crippen molar-refractivity contribution in [2.75, 3.05) is 5.32 Å². The molecule has 7 nitrogen and oxygen atoms in total. The Morgan fingerprint density at radius 2 is 1.83 bits per heavy atom. The summed E-state index contributed by atoms with van der Waals surface area (Å²) in [5.74, 6) is 0.403. The van der Waals surface area contributed by atoms with Crippen molar-refractivity contribution in [3.05, 3.63) is 60.0 Å². The Labute approximate surface area is 175 Å². The van der Waals surface area contributed by atoms with Gasteiger partial charge in [0, 0.05) is 30.0 Å². The van der Waals surface area contributed by atoms with E-state index in [-0.39, 0.29) is 23.6 Å². The molecule has 0 radical (unpaired) electrons. The topological polar surface area (TPSA) is 100 Å². The molecule has 5 rings (SSSR count). The molecule has 154 valence electrons. The van der Waals surface area contributed by atoms with Gasteiger partial charge in [-0.05, 0) is 62.3 Å². The molecule has 3 aromatic rings. The summed E-state index contributed by atoms with van der Waals surface area (Å²) < 4.78 is 0. The largest absolute Gasteiger partial charge is 0.393 e. The Hall–Kier alpha value is -3.06. The number of carbonyl (C=O) groups excluding carboxylic acids is 1. The molecule has 1 amide bonds. The van der Waals surface area contributed by atoms with Crippen molar-refractivity contribution in [2.24, 2.45) is 0 Å². The van der Waals surface area contributed by atoms with Crippen LogP contribution in [0.1, 0.15) is 54.4 Å². The fourth-order valence-electron chi connectivity index (χ4n) is 4.28. The molecule has 7 heteroatoms. The molecule has 0 unspecified atom stereocenters. The molecule has 2 heterocycles. The molecule has 2 fully saturated rings. The summed E-state index contributed by atoms with van der Waals surface area (Å²) in [6.07, 6.45) is 10.3. The van der Waals surface area contributed by atoms with E-state index in [1.807, 2.05) is 30.3 Å². The number of nitrogens with one attached hydrogen (secondary N) is 2. The van der Waals surface area contributed by atoms with Crippen molar-refractivity contribution in [3.63, 3.8) is 0 Å². The number of hydrogen-bond donors (Lipinski definition) is 3. The van der Waals surface area contributed by atoms with Crippen LogP contribution < -0.4 is 10.6 Å². The number of anilines is 1. The minimum absolute atomic E-state index is 0.125. The summed E-state index contributed by atoms with van der Waals surface area (Å²) in [4.78, 5) is 26.4. The van der Waals surface area contributed by atoms with Crippen LogP contribution in [-0.2, 0) is 5.54 Å². The van der Waals surface area contributed by atoms with Crippen molar-refractivity contribution in [1.29, 1.82) is 0 Å². The molecule has 30 heavy (non-hydrogen) atoms. The number of carbonyl (C=O) groups is 1. The fraction of sp³-hybridized carbons (Fsp3) is 0.391. The summed E-state index contributed by atoms with van der Waals surface area (Å²) in [6, 6.07) is 9.76. The van der Waals surface area contributed by atoms with Crippen LogP contribution in [0.25, 0.3) is 10.9 Å². The van der Waals surface area contributed by atoms with Gasteiger partial charge in [-0.15, -0.1) is 0 Å².